The van der Waals surface area contributed by atoms with Gasteiger partial charge in [-0.25, -0.2) is 4.79 Å². The Bertz CT molecular complexity index is 611. The second-order valence-corrected chi connectivity index (χ2v) is 6.85. The van der Waals surface area contributed by atoms with Gasteiger partial charge >= 0.3 is 5.97 Å². The minimum absolute atomic E-state index is 0.0106. The Labute approximate surface area is 143 Å². The van der Waals surface area contributed by atoms with Crippen molar-refractivity contribution in [2.24, 2.45) is 5.92 Å². The van der Waals surface area contributed by atoms with Crippen LogP contribution >= 0.6 is 0 Å². The van der Waals surface area contributed by atoms with E-state index < -0.39 is 6.04 Å². The molecular formula is C19H27NO4. The monoisotopic (exact) mass is 333 g/mol. The third-order valence-corrected chi connectivity index (χ3v) is 4.20. The minimum Gasteiger partial charge on any atom is -0.487 e. The van der Waals surface area contributed by atoms with Crippen molar-refractivity contribution in [3.8, 4) is 5.75 Å². The van der Waals surface area contributed by atoms with E-state index in [2.05, 4.69) is 13.8 Å². The zero-order valence-corrected chi connectivity index (χ0v) is 15.2. The second kappa shape index (κ2) is 7.69. The predicted octanol–water partition coefficient (Wildman–Crippen LogP) is 3.45. The molecule has 0 amide bonds. The number of rotatable bonds is 6. The summed E-state index contributed by atoms with van der Waals surface area (Å²) >= 11 is 0. The molecule has 0 saturated carbocycles. The van der Waals surface area contributed by atoms with Crippen LogP contribution in [0.4, 0.5) is 5.69 Å². The number of fused-ring (bicyclic) bond motifs is 1. The highest BCUT2D eigenvalue weighted by Crippen LogP contribution is 2.35. The molecule has 0 saturated heterocycles. The lowest BCUT2D eigenvalue weighted by molar-refractivity contribution is -0.145. The number of hydrogen-bond acceptors (Lipinski definition) is 5. The highest BCUT2D eigenvalue weighted by Gasteiger charge is 2.31. The first kappa shape index (κ1) is 18.3. The summed E-state index contributed by atoms with van der Waals surface area (Å²) in [6.07, 6.45) is 0.815. The number of ketones is 1. The molecule has 0 bridgehead atoms. The Balaban J connectivity index is 2.19. The van der Waals surface area contributed by atoms with Crippen molar-refractivity contribution in [3.05, 3.63) is 23.8 Å². The maximum Gasteiger partial charge on any atom is 0.328 e. The maximum absolute atomic E-state index is 12.4. The van der Waals surface area contributed by atoms with Crippen molar-refractivity contribution in [3.63, 3.8) is 0 Å². The molecule has 132 valence electrons. The number of hydrogen-bond donors (Lipinski definition) is 0. The molecule has 2 atom stereocenters. The molecule has 2 rings (SSSR count). The lowest BCUT2D eigenvalue weighted by Gasteiger charge is -2.38. The summed E-state index contributed by atoms with van der Waals surface area (Å²) in [5, 5.41) is 0. The first-order chi connectivity index (χ1) is 11.3. The average Bonchev–Trinajstić information content (AvgIpc) is 2.52. The van der Waals surface area contributed by atoms with E-state index in [-0.39, 0.29) is 17.9 Å². The second-order valence-electron chi connectivity index (χ2n) is 6.85. The van der Waals surface area contributed by atoms with E-state index in [1.165, 1.54) is 6.92 Å². The van der Waals surface area contributed by atoms with Crippen LogP contribution in [0.5, 0.6) is 5.75 Å². The average molecular weight is 333 g/mol. The predicted molar refractivity (Wildman–Crippen MR) is 93.8 cm³/mol. The van der Waals surface area contributed by atoms with Gasteiger partial charge in [0.25, 0.3) is 0 Å². The number of Topliss-reactive ketones (excluding diaryl/α,β-unsaturated/α-hetero) is 1. The number of anilines is 1. The molecule has 0 fully saturated rings. The summed E-state index contributed by atoms with van der Waals surface area (Å²) < 4.78 is 11.2. The van der Waals surface area contributed by atoms with Gasteiger partial charge in [0.05, 0.1) is 18.8 Å². The Kier molecular flexibility index (Phi) is 5.86. The molecule has 2 unspecified atom stereocenters. The van der Waals surface area contributed by atoms with Crippen molar-refractivity contribution >= 4 is 17.4 Å². The Morgan fingerprint density at radius 1 is 1.33 bits per heavy atom. The van der Waals surface area contributed by atoms with Crippen LogP contribution in [0, 0.1) is 5.92 Å². The highest BCUT2D eigenvalue weighted by atomic mass is 16.5. The molecule has 0 N–H and O–H groups in total. The number of ether oxygens (including phenoxy) is 2. The standard InChI is InChI=1S/C19H27NO4/c1-12(2)8-9-23-19(22)14(4)20-11-13(3)24-18-7-6-16(15(5)21)10-17(18)20/h6-7,10,12-14H,8-9,11H2,1-5H3. The van der Waals surface area contributed by atoms with Gasteiger partial charge in [0.15, 0.2) is 5.78 Å². The van der Waals surface area contributed by atoms with Crippen LogP contribution in [0.3, 0.4) is 0 Å². The van der Waals surface area contributed by atoms with E-state index in [1.807, 2.05) is 18.7 Å². The molecule has 0 aliphatic carbocycles. The van der Waals surface area contributed by atoms with Gasteiger partial charge in [-0.15, -0.1) is 0 Å². The maximum atomic E-state index is 12.4. The first-order valence-electron chi connectivity index (χ1n) is 8.54. The summed E-state index contributed by atoms with van der Waals surface area (Å²) in [4.78, 5) is 26.0. The molecule has 0 spiro atoms. The molecule has 1 aliphatic heterocycles. The van der Waals surface area contributed by atoms with E-state index in [0.717, 1.165) is 12.1 Å². The molecule has 1 aromatic carbocycles. The third kappa shape index (κ3) is 4.28. The molecule has 1 aliphatic rings. The number of nitrogens with zero attached hydrogens (tertiary/aromatic N) is 1. The quantitative estimate of drug-likeness (QED) is 0.589. The Hall–Kier alpha value is -2.04. The molecule has 0 aromatic heterocycles. The van der Waals surface area contributed by atoms with Gasteiger partial charge in [-0.05, 0) is 51.3 Å². The topological polar surface area (TPSA) is 55.8 Å². The zero-order valence-electron chi connectivity index (χ0n) is 15.2. The number of carbonyl (C=O) groups is 2. The Morgan fingerprint density at radius 3 is 2.67 bits per heavy atom. The normalized spacial score (nSPS) is 17.9. The molecule has 5 nitrogen and oxygen atoms in total. The molecule has 24 heavy (non-hydrogen) atoms. The lowest BCUT2D eigenvalue weighted by atomic mass is 10.1. The van der Waals surface area contributed by atoms with Gasteiger partial charge in [0.2, 0.25) is 0 Å². The van der Waals surface area contributed by atoms with E-state index in [9.17, 15) is 9.59 Å². The van der Waals surface area contributed by atoms with Crippen LogP contribution in [-0.2, 0) is 9.53 Å². The summed E-state index contributed by atoms with van der Waals surface area (Å²) in [5.41, 5.74) is 1.38. The van der Waals surface area contributed by atoms with Crippen molar-refractivity contribution in [1.29, 1.82) is 0 Å². The van der Waals surface area contributed by atoms with Gasteiger partial charge in [0, 0.05) is 5.56 Å². The van der Waals surface area contributed by atoms with E-state index in [4.69, 9.17) is 9.47 Å². The largest absolute Gasteiger partial charge is 0.487 e. The van der Waals surface area contributed by atoms with Gasteiger partial charge in [0.1, 0.15) is 17.9 Å². The third-order valence-electron chi connectivity index (χ3n) is 4.20. The van der Waals surface area contributed by atoms with Crippen LogP contribution in [-0.4, -0.2) is 37.0 Å². The van der Waals surface area contributed by atoms with E-state index in [0.29, 0.717) is 30.4 Å². The highest BCUT2D eigenvalue weighted by molar-refractivity contribution is 5.96. The lowest BCUT2D eigenvalue weighted by Crippen LogP contribution is -2.47. The van der Waals surface area contributed by atoms with Crippen molar-refractivity contribution < 1.29 is 19.1 Å². The molecule has 0 radical (unpaired) electrons. The van der Waals surface area contributed by atoms with Crippen LogP contribution in [0.2, 0.25) is 0 Å². The fraction of sp³-hybridized carbons (Fsp3) is 0.579. The number of esters is 1. The van der Waals surface area contributed by atoms with Crippen molar-refractivity contribution in [2.75, 3.05) is 18.1 Å². The summed E-state index contributed by atoms with van der Waals surface area (Å²) in [7, 11) is 0. The van der Waals surface area contributed by atoms with Gasteiger partial charge < -0.3 is 14.4 Å². The van der Waals surface area contributed by atoms with E-state index >= 15 is 0 Å². The van der Waals surface area contributed by atoms with Crippen LogP contribution in [0.15, 0.2) is 18.2 Å². The van der Waals surface area contributed by atoms with Crippen LogP contribution in [0.1, 0.15) is 51.4 Å². The molecule has 1 aromatic rings. The smallest absolute Gasteiger partial charge is 0.328 e. The summed E-state index contributed by atoms with van der Waals surface area (Å²) in [6.45, 7) is 10.5. The van der Waals surface area contributed by atoms with Gasteiger partial charge in [-0.3, -0.25) is 4.79 Å². The molecular weight excluding hydrogens is 306 g/mol. The van der Waals surface area contributed by atoms with Crippen molar-refractivity contribution in [1.82, 2.24) is 0 Å². The minimum atomic E-state index is -0.426. The summed E-state index contributed by atoms with van der Waals surface area (Å²) in [6, 6.07) is 4.92. The van der Waals surface area contributed by atoms with Crippen LogP contribution < -0.4 is 9.64 Å². The van der Waals surface area contributed by atoms with Gasteiger partial charge in [-0.1, -0.05) is 13.8 Å². The number of carbonyl (C=O) groups excluding carboxylic acids is 2. The Morgan fingerprint density at radius 2 is 2.04 bits per heavy atom. The zero-order chi connectivity index (χ0) is 17.9. The van der Waals surface area contributed by atoms with Gasteiger partial charge in [-0.2, -0.15) is 0 Å². The number of benzene rings is 1. The van der Waals surface area contributed by atoms with Crippen molar-refractivity contribution in [2.45, 2.75) is 53.2 Å². The fourth-order valence-corrected chi connectivity index (χ4v) is 2.70. The van der Waals surface area contributed by atoms with E-state index in [1.54, 1.807) is 18.2 Å². The fourth-order valence-electron chi connectivity index (χ4n) is 2.70. The molecule has 5 heteroatoms. The summed E-state index contributed by atoms with van der Waals surface area (Å²) in [5.74, 6) is 0.934. The SMILES string of the molecule is CC(=O)c1ccc2c(c1)N(C(C)C(=O)OCCC(C)C)CC(C)O2. The van der Waals surface area contributed by atoms with Crippen LogP contribution in [0.25, 0.3) is 0 Å². The molecule has 1 heterocycles. The first-order valence-corrected chi connectivity index (χ1v) is 8.54.